The van der Waals surface area contributed by atoms with Crippen LogP contribution in [0.1, 0.15) is 26.2 Å². The van der Waals surface area contributed by atoms with E-state index < -0.39 is 18.7 Å². The molecule has 0 radical (unpaired) electrons. The van der Waals surface area contributed by atoms with E-state index in [1.54, 1.807) is 0 Å². The number of halogens is 3. The molecule has 0 spiro atoms. The van der Waals surface area contributed by atoms with Crippen molar-refractivity contribution in [3.05, 3.63) is 0 Å². The molecule has 0 aliphatic rings. The van der Waals surface area contributed by atoms with Crippen LogP contribution in [-0.4, -0.2) is 30.5 Å². The zero-order chi connectivity index (χ0) is 10.3. The molecule has 0 aliphatic heterocycles. The van der Waals surface area contributed by atoms with E-state index in [9.17, 15) is 13.2 Å². The standard InChI is InChI=1S/C8H16F3NO/c1-2-3-7(13)6-12-5-4-8(9,10)11/h7,12-13H,2-6H2,1H3. The highest BCUT2D eigenvalue weighted by Crippen LogP contribution is 2.17. The van der Waals surface area contributed by atoms with E-state index in [0.717, 1.165) is 6.42 Å². The van der Waals surface area contributed by atoms with Crippen LogP contribution in [0.2, 0.25) is 0 Å². The van der Waals surface area contributed by atoms with Gasteiger partial charge in [-0.1, -0.05) is 13.3 Å². The van der Waals surface area contributed by atoms with Gasteiger partial charge < -0.3 is 10.4 Å². The largest absolute Gasteiger partial charge is 0.392 e. The summed E-state index contributed by atoms with van der Waals surface area (Å²) in [5.41, 5.74) is 0. The van der Waals surface area contributed by atoms with E-state index in [1.165, 1.54) is 0 Å². The number of aliphatic hydroxyl groups excluding tert-OH is 1. The van der Waals surface area contributed by atoms with E-state index in [-0.39, 0.29) is 13.1 Å². The first-order valence-corrected chi connectivity index (χ1v) is 4.41. The predicted octanol–water partition coefficient (Wildman–Crippen LogP) is 1.69. The lowest BCUT2D eigenvalue weighted by Crippen LogP contribution is -2.29. The minimum absolute atomic E-state index is 0.121. The summed E-state index contributed by atoms with van der Waals surface area (Å²) in [7, 11) is 0. The Morgan fingerprint density at radius 1 is 1.38 bits per heavy atom. The van der Waals surface area contributed by atoms with Crippen molar-refractivity contribution in [2.24, 2.45) is 0 Å². The van der Waals surface area contributed by atoms with Crippen molar-refractivity contribution >= 4 is 0 Å². The Morgan fingerprint density at radius 3 is 2.46 bits per heavy atom. The minimum atomic E-state index is -4.11. The van der Waals surface area contributed by atoms with E-state index in [1.807, 2.05) is 6.92 Å². The molecule has 1 atom stereocenters. The molecule has 0 aromatic rings. The Bertz CT molecular complexity index is 127. The lowest BCUT2D eigenvalue weighted by atomic mass is 10.2. The average molecular weight is 199 g/mol. The first kappa shape index (κ1) is 12.7. The predicted molar refractivity (Wildman–Crippen MR) is 44.5 cm³/mol. The van der Waals surface area contributed by atoms with Crippen LogP contribution in [0.4, 0.5) is 13.2 Å². The van der Waals surface area contributed by atoms with Crippen LogP contribution in [0.25, 0.3) is 0 Å². The SMILES string of the molecule is CCCC(O)CNCCC(F)(F)F. The van der Waals surface area contributed by atoms with Gasteiger partial charge in [0.15, 0.2) is 0 Å². The molecule has 0 saturated heterocycles. The number of aliphatic hydroxyl groups is 1. The highest BCUT2D eigenvalue weighted by atomic mass is 19.4. The number of alkyl halides is 3. The van der Waals surface area contributed by atoms with Crippen molar-refractivity contribution in [2.75, 3.05) is 13.1 Å². The third kappa shape index (κ3) is 9.63. The normalized spacial score (nSPS) is 14.5. The Morgan fingerprint density at radius 2 is 2.00 bits per heavy atom. The molecule has 5 heteroatoms. The van der Waals surface area contributed by atoms with Gasteiger partial charge in [0.25, 0.3) is 0 Å². The molecule has 0 rings (SSSR count). The molecule has 0 heterocycles. The van der Waals surface area contributed by atoms with Crippen molar-refractivity contribution in [3.63, 3.8) is 0 Å². The van der Waals surface area contributed by atoms with Gasteiger partial charge in [0.1, 0.15) is 0 Å². The quantitative estimate of drug-likeness (QED) is 0.638. The summed E-state index contributed by atoms with van der Waals surface area (Å²) in [5.74, 6) is 0. The van der Waals surface area contributed by atoms with E-state index in [4.69, 9.17) is 5.11 Å². The van der Waals surface area contributed by atoms with Crippen LogP contribution in [0.5, 0.6) is 0 Å². The molecule has 1 unspecified atom stereocenters. The third-order valence-corrected chi connectivity index (χ3v) is 1.59. The molecular weight excluding hydrogens is 183 g/mol. The van der Waals surface area contributed by atoms with Crippen molar-refractivity contribution in [1.29, 1.82) is 0 Å². The van der Waals surface area contributed by atoms with Crippen molar-refractivity contribution < 1.29 is 18.3 Å². The Kier molecular flexibility index (Phi) is 6.07. The lowest BCUT2D eigenvalue weighted by Gasteiger charge is -2.11. The van der Waals surface area contributed by atoms with Crippen LogP contribution in [0.3, 0.4) is 0 Å². The highest BCUT2D eigenvalue weighted by Gasteiger charge is 2.25. The molecular formula is C8H16F3NO. The molecule has 2 N–H and O–H groups in total. The van der Waals surface area contributed by atoms with Crippen LogP contribution >= 0.6 is 0 Å². The van der Waals surface area contributed by atoms with Gasteiger partial charge in [-0.2, -0.15) is 13.2 Å². The maximum Gasteiger partial charge on any atom is 0.390 e. The molecule has 0 fully saturated rings. The first-order chi connectivity index (χ1) is 5.95. The smallest absolute Gasteiger partial charge is 0.390 e. The number of rotatable bonds is 6. The highest BCUT2D eigenvalue weighted by molar-refractivity contribution is 4.60. The summed E-state index contributed by atoms with van der Waals surface area (Å²) in [6, 6.07) is 0. The summed E-state index contributed by atoms with van der Waals surface area (Å²) in [4.78, 5) is 0. The monoisotopic (exact) mass is 199 g/mol. The Labute approximate surface area is 76.1 Å². The molecule has 2 nitrogen and oxygen atoms in total. The fourth-order valence-corrected chi connectivity index (χ4v) is 0.934. The van der Waals surface area contributed by atoms with Crippen molar-refractivity contribution in [3.8, 4) is 0 Å². The minimum Gasteiger partial charge on any atom is -0.392 e. The van der Waals surface area contributed by atoms with Crippen molar-refractivity contribution in [2.45, 2.75) is 38.5 Å². The third-order valence-electron chi connectivity index (χ3n) is 1.59. The molecule has 0 saturated carbocycles. The fourth-order valence-electron chi connectivity index (χ4n) is 0.934. The fraction of sp³-hybridized carbons (Fsp3) is 1.00. The number of hydrogen-bond acceptors (Lipinski definition) is 2. The zero-order valence-electron chi connectivity index (χ0n) is 7.69. The van der Waals surface area contributed by atoms with E-state index in [0.29, 0.717) is 6.42 Å². The second kappa shape index (κ2) is 6.21. The number of hydrogen-bond donors (Lipinski definition) is 2. The second-order valence-electron chi connectivity index (χ2n) is 3.01. The van der Waals surface area contributed by atoms with Gasteiger partial charge in [-0.25, -0.2) is 0 Å². The van der Waals surface area contributed by atoms with Crippen LogP contribution < -0.4 is 5.32 Å². The summed E-state index contributed by atoms with van der Waals surface area (Å²) >= 11 is 0. The molecule has 0 aliphatic carbocycles. The molecule has 13 heavy (non-hydrogen) atoms. The lowest BCUT2D eigenvalue weighted by molar-refractivity contribution is -0.133. The average Bonchev–Trinajstić information content (AvgIpc) is 1.97. The van der Waals surface area contributed by atoms with Crippen LogP contribution in [0.15, 0.2) is 0 Å². The molecule has 0 aromatic carbocycles. The Hall–Kier alpha value is -0.290. The molecule has 0 bridgehead atoms. The van der Waals surface area contributed by atoms with Gasteiger partial charge in [0.2, 0.25) is 0 Å². The van der Waals surface area contributed by atoms with Crippen LogP contribution in [-0.2, 0) is 0 Å². The van der Waals surface area contributed by atoms with Gasteiger partial charge >= 0.3 is 6.18 Å². The summed E-state index contributed by atoms with van der Waals surface area (Å²) < 4.78 is 34.9. The van der Waals surface area contributed by atoms with Crippen molar-refractivity contribution in [1.82, 2.24) is 5.32 Å². The first-order valence-electron chi connectivity index (χ1n) is 4.41. The van der Waals surface area contributed by atoms with Gasteiger partial charge in [-0.3, -0.25) is 0 Å². The van der Waals surface area contributed by atoms with Gasteiger partial charge in [0.05, 0.1) is 12.5 Å². The molecule has 0 amide bonds. The van der Waals surface area contributed by atoms with Gasteiger partial charge in [-0.05, 0) is 6.42 Å². The Balaban J connectivity index is 3.25. The summed E-state index contributed by atoms with van der Waals surface area (Å²) in [5, 5.41) is 11.7. The molecule has 0 aromatic heterocycles. The summed E-state index contributed by atoms with van der Waals surface area (Å²) in [6.07, 6.45) is -4.02. The van der Waals surface area contributed by atoms with E-state index >= 15 is 0 Å². The topological polar surface area (TPSA) is 32.3 Å². The van der Waals surface area contributed by atoms with Crippen LogP contribution in [0, 0.1) is 0 Å². The number of nitrogens with one attached hydrogen (secondary N) is 1. The van der Waals surface area contributed by atoms with E-state index in [2.05, 4.69) is 5.32 Å². The zero-order valence-corrected chi connectivity index (χ0v) is 7.69. The molecule has 80 valence electrons. The summed E-state index contributed by atoms with van der Waals surface area (Å²) in [6.45, 7) is 2.03. The van der Waals surface area contributed by atoms with Gasteiger partial charge in [-0.15, -0.1) is 0 Å². The maximum atomic E-state index is 11.6. The maximum absolute atomic E-state index is 11.6. The van der Waals surface area contributed by atoms with Gasteiger partial charge in [0, 0.05) is 13.1 Å². The second-order valence-corrected chi connectivity index (χ2v) is 3.01.